The summed E-state index contributed by atoms with van der Waals surface area (Å²) in [5.41, 5.74) is 5.98. The summed E-state index contributed by atoms with van der Waals surface area (Å²) in [6, 6.07) is 3.21. The van der Waals surface area contributed by atoms with E-state index in [-0.39, 0.29) is 5.91 Å². The fourth-order valence-corrected chi connectivity index (χ4v) is 3.77. The van der Waals surface area contributed by atoms with Gasteiger partial charge in [-0.3, -0.25) is 14.5 Å². The van der Waals surface area contributed by atoms with Crippen LogP contribution in [-0.2, 0) is 9.53 Å². The molecule has 0 saturated heterocycles. The highest BCUT2D eigenvalue weighted by Gasteiger charge is 2.23. The van der Waals surface area contributed by atoms with Crippen molar-refractivity contribution in [3.05, 3.63) is 53.1 Å². The van der Waals surface area contributed by atoms with Crippen molar-refractivity contribution in [2.45, 2.75) is 33.2 Å². The largest absolute Gasteiger partial charge is 0.384 e. The Balaban J connectivity index is 1.48. The monoisotopic (exact) mass is 406 g/mol. The van der Waals surface area contributed by atoms with E-state index >= 15 is 0 Å². The van der Waals surface area contributed by atoms with Gasteiger partial charge in [0.05, 0.1) is 24.6 Å². The van der Waals surface area contributed by atoms with Crippen LogP contribution in [0.25, 0.3) is 11.3 Å². The molecule has 0 bridgehead atoms. The first-order valence-electron chi connectivity index (χ1n) is 10.1. The van der Waals surface area contributed by atoms with Crippen molar-refractivity contribution < 1.29 is 9.53 Å². The molecule has 0 saturated carbocycles. The third kappa shape index (κ3) is 4.04. The van der Waals surface area contributed by atoms with Gasteiger partial charge in [0.1, 0.15) is 11.9 Å². The van der Waals surface area contributed by atoms with Crippen LogP contribution in [0, 0.1) is 13.8 Å². The van der Waals surface area contributed by atoms with Gasteiger partial charge < -0.3 is 15.4 Å². The van der Waals surface area contributed by atoms with Gasteiger partial charge >= 0.3 is 0 Å². The van der Waals surface area contributed by atoms with Gasteiger partial charge in [0.2, 0.25) is 5.91 Å². The summed E-state index contributed by atoms with van der Waals surface area (Å²) >= 11 is 0. The number of aromatic nitrogens is 3. The number of nitrogens with zero attached hydrogens (tertiary/aromatic N) is 4. The maximum Gasteiger partial charge on any atom is 0.250 e. The molecule has 2 aromatic heterocycles. The number of carbonyl (C=O) groups is 1. The lowest BCUT2D eigenvalue weighted by molar-refractivity contribution is -0.119. The first-order valence-corrected chi connectivity index (χ1v) is 10.1. The third-order valence-corrected chi connectivity index (χ3v) is 5.34. The van der Waals surface area contributed by atoms with Crippen molar-refractivity contribution in [1.82, 2.24) is 20.1 Å². The zero-order valence-electron chi connectivity index (χ0n) is 17.5. The number of hydrogen-bond donors (Lipinski definition) is 2. The number of nitrogens with one attached hydrogen (secondary N) is 2. The molecule has 1 unspecified atom stereocenters. The average molecular weight is 406 g/mol. The van der Waals surface area contributed by atoms with Crippen LogP contribution in [0.5, 0.6) is 0 Å². The highest BCUT2D eigenvalue weighted by Crippen LogP contribution is 2.29. The molecule has 8 heteroatoms. The van der Waals surface area contributed by atoms with Crippen LogP contribution in [0.15, 0.2) is 35.6 Å². The molecule has 8 nitrogen and oxygen atoms in total. The van der Waals surface area contributed by atoms with Gasteiger partial charge in [-0.2, -0.15) is 5.10 Å². The number of amides is 1. The van der Waals surface area contributed by atoms with E-state index in [0.717, 1.165) is 41.2 Å². The number of aliphatic imine (C=N–C) groups is 1. The summed E-state index contributed by atoms with van der Waals surface area (Å²) in [6.07, 6.45) is 8.33. The minimum atomic E-state index is -0.464. The lowest BCUT2D eigenvalue weighted by Gasteiger charge is -2.16. The average Bonchev–Trinajstić information content (AvgIpc) is 3.08. The summed E-state index contributed by atoms with van der Waals surface area (Å²) in [6.45, 7) is 7.90. The first-order chi connectivity index (χ1) is 14.5. The molecule has 0 spiro atoms. The van der Waals surface area contributed by atoms with E-state index in [1.54, 1.807) is 16.9 Å². The van der Waals surface area contributed by atoms with E-state index < -0.39 is 6.04 Å². The molecule has 2 N–H and O–H groups in total. The van der Waals surface area contributed by atoms with Crippen molar-refractivity contribution in [3.63, 3.8) is 0 Å². The highest BCUT2D eigenvalue weighted by atomic mass is 16.5. The summed E-state index contributed by atoms with van der Waals surface area (Å²) in [7, 11) is 0. The van der Waals surface area contributed by atoms with Gasteiger partial charge in [-0.25, -0.2) is 4.98 Å². The van der Waals surface area contributed by atoms with Crippen molar-refractivity contribution in [2.75, 3.05) is 25.1 Å². The first kappa shape index (κ1) is 20.0. The predicted octanol–water partition coefficient (Wildman–Crippen LogP) is 2.87. The Kier molecular flexibility index (Phi) is 5.76. The summed E-state index contributed by atoms with van der Waals surface area (Å²) in [5.74, 6) is 0.336. The van der Waals surface area contributed by atoms with Crippen molar-refractivity contribution in [2.24, 2.45) is 4.99 Å². The third-order valence-electron chi connectivity index (χ3n) is 5.34. The zero-order chi connectivity index (χ0) is 21.1. The van der Waals surface area contributed by atoms with Crippen LogP contribution in [0.1, 0.15) is 41.9 Å². The maximum atomic E-state index is 12.9. The predicted molar refractivity (Wildman–Crippen MR) is 117 cm³/mol. The fraction of sp³-hybridized carbons (Fsp3) is 0.364. The molecule has 1 amide bonds. The molecule has 0 aliphatic carbocycles. The maximum absolute atomic E-state index is 12.9. The summed E-state index contributed by atoms with van der Waals surface area (Å²) < 4.78 is 7.21. The van der Waals surface area contributed by atoms with Crippen molar-refractivity contribution in [3.8, 4) is 0 Å². The minimum absolute atomic E-state index is 0.162. The van der Waals surface area contributed by atoms with E-state index in [4.69, 9.17) is 4.74 Å². The molecular weight excluding hydrogens is 380 g/mol. The topological polar surface area (TPSA) is 93.4 Å². The highest BCUT2D eigenvalue weighted by molar-refractivity contribution is 5.93. The molecule has 30 heavy (non-hydrogen) atoms. The van der Waals surface area contributed by atoms with E-state index in [1.807, 2.05) is 39.3 Å². The molecule has 4 heterocycles. The number of hydrogen-bond acceptors (Lipinski definition) is 6. The smallest absolute Gasteiger partial charge is 0.250 e. The van der Waals surface area contributed by atoms with Crippen LogP contribution in [-0.4, -0.2) is 46.6 Å². The Bertz CT molecular complexity index is 1030. The molecule has 0 radical (unpaired) electrons. The molecular formula is C22H26N6O2. The number of aryl methyl sites for hydroxylation is 1. The Morgan fingerprint density at radius 3 is 2.87 bits per heavy atom. The van der Waals surface area contributed by atoms with E-state index in [0.29, 0.717) is 19.0 Å². The molecule has 2 aromatic rings. The van der Waals surface area contributed by atoms with Crippen LogP contribution in [0.4, 0.5) is 5.82 Å². The molecule has 0 fully saturated rings. The van der Waals surface area contributed by atoms with Gasteiger partial charge in [-0.15, -0.1) is 0 Å². The van der Waals surface area contributed by atoms with Gasteiger partial charge in [0.25, 0.3) is 0 Å². The van der Waals surface area contributed by atoms with E-state index in [9.17, 15) is 4.79 Å². The van der Waals surface area contributed by atoms with E-state index in [2.05, 4.69) is 31.8 Å². The zero-order valence-corrected chi connectivity index (χ0v) is 17.5. The van der Waals surface area contributed by atoms with Gasteiger partial charge in [0, 0.05) is 42.0 Å². The molecule has 4 rings (SSSR count). The SMILES string of the molecule is Cc1nn(C(C)C(=O)Nc2ccc(C3=CNCC=N3)cn2)c(C)c1C1=CCOCC1. The summed E-state index contributed by atoms with van der Waals surface area (Å²) in [4.78, 5) is 21.6. The molecule has 2 aliphatic rings. The number of pyridine rings is 1. The molecule has 156 valence electrons. The molecule has 0 aromatic carbocycles. The number of ether oxygens (including phenoxy) is 1. The van der Waals surface area contributed by atoms with Crippen molar-refractivity contribution >= 4 is 29.2 Å². The number of anilines is 1. The standard InChI is InChI=1S/C22H26N6O2/c1-14-21(17-6-10-30-11-7-17)15(2)28(27-14)16(3)22(29)26-20-5-4-18(12-25-20)19-13-23-8-9-24-19/h4-6,9,12-13,16,23H,7-8,10-11H2,1-3H3,(H,25,26,29). The Morgan fingerprint density at radius 1 is 1.33 bits per heavy atom. The lowest BCUT2D eigenvalue weighted by atomic mass is 10.00. The van der Waals surface area contributed by atoms with Gasteiger partial charge in [-0.1, -0.05) is 6.08 Å². The quantitative estimate of drug-likeness (QED) is 0.796. The van der Waals surface area contributed by atoms with Crippen molar-refractivity contribution in [1.29, 1.82) is 0 Å². The van der Waals surface area contributed by atoms with Crippen LogP contribution < -0.4 is 10.6 Å². The van der Waals surface area contributed by atoms with Crippen LogP contribution >= 0.6 is 0 Å². The second kappa shape index (κ2) is 8.62. The minimum Gasteiger partial charge on any atom is -0.384 e. The fourth-order valence-electron chi connectivity index (χ4n) is 3.77. The molecule has 2 aliphatic heterocycles. The normalized spacial score (nSPS) is 17.0. The number of rotatable bonds is 5. The molecule has 1 atom stereocenters. The van der Waals surface area contributed by atoms with Gasteiger partial charge in [-0.05, 0) is 44.9 Å². The lowest BCUT2D eigenvalue weighted by Crippen LogP contribution is -2.25. The second-order valence-corrected chi connectivity index (χ2v) is 7.39. The Morgan fingerprint density at radius 2 is 2.20 bits per heavy atom. The Hall–Kier alpha value is -3.26. The van der Waals surface area contributed by atoms with Gasteiger partial charge in [0.15, 0.2) is 0 Å². The number of carbonyl (C=O) groups excluding carboxylic acids is 1. The van der Waals surface area contributed by atoms with Crippen LogP contribution in [0.3, 0.4) is 0 Å². The van der Waals surface area contributed by atoms with Crippen LogP contribution in [0.2, 0.25) is 0 Å². The summed E-state index contributed by atoms with van der Waals surface area (Å²) in [5, 5.41) is 10.7. The second-order valence-electron chi connectivity index (χ2n) is 7.39. The Labute approximate surface area is 175 Å². The van der Waals surface area contributed by atoms with E-state index in [1.165, 1.54) is 5.57 Å².